The van der Waals surface area contributed by atoms with E-state index < -0.39 is 8.24 Å². The molecule has 0 bridgehead atoms. The summed E-state index contributed by atoms with van der Waals surface area (Å²) in [5.74, 6) is 0. The van der Waals surface area contributed by atoms with Crippen LogP contribution in [0.1, 0.15) is 48.5 Å². The summed E-state index contributed by atoms with van der Waals surface area (Å²) in [5, 5.41) is 2.75. The van der Waals surface area contributed by atoms with E-state index in [4.69, 9.17) is 0 Å². The third-order valence-corrected chi connectivity index (χ3v) is 12.0. The second-order valence-electron chi connectivity index (χ2n) is 7.48. The first-order chi connectivity index (χ1) is 10.3. The summed E-state index contributed by atoms with van der Waals surface area (Å²) >= 11 is 0. The smallest absolute Gasteiger partial charge is 0.169 e. The van der Waals surface area contributed by atoms with E-state index in [0.29, 0.717) is 16.6 Å². The Hall–Kier alpha value is -1.28. The first-order valence-electron chi connectivity index (χ1n) is 8.56. The molecule has 1 nitrogen and oxygen atoms in total. The van der Waals surface area contributed by atoms with Gasteiger partial charge in [-0.05, 0) is 53.2 Å². The molecular formula is C20H31NSi. The predicted octanol–water partition coefficient (Wildman–Crippen LogP) is 4.59. The number of allylic oxidation sites excluding steroid dienone is 4. The molecule has 1 aliphatic carbocycles. The first-order valence-corrected chi connectivity index (χ1v) is 10.7. The minimum absolute atomic E-state index is 0.712. The largest absolute Gasteiger partial charge is 0.373 e. The van der Waals surface area contributed by atoms with Crippen molar-refractivity contribution in [1.29, 1.82) is 0 Å². The molecule has 0 aliphatic heterocycles. The van der Waals surface area contributed by atoms with Crippen molar-refractivity contribution in [3.05, 3.63) is 46.6 Å². The van der Waals surface area contributed by atoms with Crippen molar-refractivity contribution >= 4 is 20.4 Å². The Kier molecular flexibility index (Phi) is 5.01. The van der Waals surface area contributed by atoms with Crippen LogP contribution in [0.15, 0.2) is 36.1 Å². The molecule has 0 atom stereocenters. The van der Waals surface area contributed by atoms with Gasteiger partial charge in [-0.25, -0.2) is 0 Å². The molecule has 0 N–H and O–H groups in total. The quantitative estimate of drug-likeness (QED) is 0.717. The Labute approximate surface area is 136 Å². The van der Waals surface area contributed by atoms with E-state index in [1.54, 1.807) is 0 Å². The molecular weight excluding hydrogens is 282 g/mol. The van der Waals surface area contributed by atoms with Crippen LogP contribution < -0.4 is 10.6 Å². The van der Waals surface area contributed by atoms with E-state index in [1.807, 2.05) is 0 Å². The Bertz CT molecular complexity index is 677. The molecule has 0 saturated heterocycles. The molecule has 0 radical (unpaired) electrons. The predicted molar refractivity (Wildman–Crippen MR) is 102 cm³/mol. The lowest BCUT2D eigenvalue weighted by atomic mass is 10.2. The molecule has 0 aromatic carbocycles. The van der Waals surface area contributed by atoms with Gasteiger partial charge >= 0.3 is 0 Å². The van der Waals surface area contributed by atoms with Crippen LogP contribution in [0.3, 0.4) is 0 Å². The van der Waals surface area contributed by atoms with Crippen molar-refractivity contribution in [1.82, 2.24) is 4.23 Å². The SMILES string of the molecule is CC1=C/C=C/C=c2/c(ccn2[Si](C(C)C)(C(C)C)C(C)C)=C1. The molecule has 120 valence electrons. The summed E-state index contributed by atoms with van der Waals surface area (Å²) in [4.78, 5) is 0. The molecule has 0 saturated carbocycles. The van der Waals surface area contributed by atoms with Gasteiger partial charge in [-0.1, -0.05) is 65.3 Å². The summed E-state index contributed by atoms with van der Waals surface area (Å²) in [6.07, 6.45) is 13.5. The Morgan fingerprint density at radius 1 is 0.864 bits per heavy atom. The van der Waals surface area contributed by atoms with Gasteiger partial charge < -0.3 is 4.23 Å². The van der Waals surface area contributed by atoms with E-state index in [1.165, 1.54) is 16.1 Å². The van der Waals surface area contributed by atoms with Crippen LogP contribution in [0.2, 0.25) is 16.6 Å². The molecule has 0 fully saturated rings. The Morgan fingerprint density at radius 3 is 1.95 bits per heavy atom. The lowest BCUT2D eigenvalue weighted by Gasteiger charge is -2.44. The standard InChI is InChI=1S/C20H31NSi/c1-15(2)22(16(3)4,17(5)6)21-13-12-19-14-18(7)10-8-9-11-20(19)21/h8-17H,1-7H3/b9-8+,10-8?,11-9?,18-10?,18-14?,19-14?,20-11-. The molecule has 1 aliphatic rings. The highest BCUT2D eigenvalue weighted by Gasteiger charge is 2.45. The lowest BCUT2D eigenvalue weighted by molar-refractivity contribution is 0.758. The maximum Gasteiger partial charge on any atom is 0.169 e. The van der Waals surface area contributed by atoms with Crippen molar-refractivity contribution in [2.24, 2.45) is 0 Å². The van der Waals surface area contributed by atoms with Gasteiger partial charge in [0.2, 0.25) is 0 Å². The summed E-state index contributed by atoms with van der Waals surface area (Å²) in [7, 11) is -1.68. The molecule has 0 unspecified atom stereocenters. The molecule has 0 amide bonds. The van der Waals surface area contributed by atoms with Gasteiger partial charge in [0.25, 0.3) is 0 Å². The fourth-order valence-corrected chi connectivity index (χ4v) is 11.2. The number of fused-ring (bicyclic) bond motifs is 1. The van der Waals surface area contributed by atoms with Gasteiger partial charge in [0.05, 0.1) is 0 Å². The number of nitrogens with zero attached hydrogens (tertiary/aromatic N) is 1. The summed E-state index contributed by atoms with van der Waals surface area (Å²) in [6, 6.07) is 2.30. The van der Waals surface area contributed by atoms with Crippen molar-refractivity contribution in [2.75, 3.05) is 0 Å². The molecule has 2 heteroatoms. The van der Waals surface area contributed by atoms with Crippen LogP contribution in [0.4, 0.5) is 0 Å². The lowest BCUT2D eigenvalue weighted by Crippen LogP contribution is -2.57. The minimum Gasteiger partial charge on any atom is -0.373 e. The van der Waals surface area contributed by atoms with Gasteiger partial charge in [0, 0.05) is 5.35 Å². The van der Waals surface area contributed by atoms with Crippen LogP contribution in [-0.2, 0) is 0 Å². The first kappa shape index (κ1) is 17.1. The van der Waals surface area contributed by atoms with Gasteiger partial charge in [-0.3, -0.25) is 0 Å². The zero-order valence-corrected chi connectivity index (χ0v) is 16.2. The monoisotopic (exact) mass is 313 g/mol. The van der Waals surface area contributed by atoms with Gasteiger partial charge in [0.15, 0.2) is 8.24 Å². The van der Waals surface area contributed by atoms with E-state index in [-0.39, 0.29) is 0 Å². The average molecular weight is 314 g/mol. The molecule has 1 aromatic rings. The van der Waals surface area contributed by atoms with Gasteiger partial charge in [-0.15, -0.1) is 0 Å². The third-order valence-electron chi connectivity index (χ3n) is 5.26. The van der Waals surface area contributed by atoms with Crippen molar-refractivity contribution in [2.45, 2.75) is 65.1 Å². The maximum atomic E-state index is 2.68. The van der Waals surface area contributed by atoms with Crippen LogP contribution in [-0.4, -0.2) is 12.5 Å². The second kappa shape index (κ2) is 6.45. The van der Waals surface area contributed by atoms with Crippen LogP contribution in [0, 0.1) is 0 Å². The number of hydrogen-bond acceptors (Lipinski definition) is 0. The summed E-state index contributed by atoms with van der Waals surface area (Å²) in [6.45, 7) is 16.7. The molecule has 1 aromatic heterocycles. The van der Waals surface area contributed by atoms with E-state index in [2.05, 4.69) is 95.3 Å². The van der Waals surface area contributed by atoms with Gasteiger partial charge in [0.1, 0.15) is 0 Å². The van der Waals surface area contributed by atoms with Gasteiger partial charge in [-0.2, -0.15) is 0 Å². The maximum absolute atomic E-state index is 2.68. The van der Waals surface area contributed by atoms with Crippen LogP contribution >= 0.6 is 0 Å². The third kappa shape index (κ3) is 2.69. The molecule has 22 heavy (non-hydrogen) atoms. The number of rotatable bonds is 4. The normalized spacial score (nSPS) is 18.3. The van der Waals surface area contributed by atoms with Crippen LogP contribution in [0.5, 0.6) is 0 Å². The zero-order chi connectivity index (χ0) is 16.5. The van der Waals surface area contributed by atoms with Crippen molar-refractivity contribution < 1.29 is 0 Å². The highest BCUT2D eigenvalue weighted by atomic mass is 28.3. The zero-order valence-electron chi connectivity index (χ0n) is 15.2. The van der Waals surface area contributed by atoms with E-state index in [0.717, 1.165) is 0 Å². The summed E-state index contributed by atoms with van der Waals surface area (Å²) in [5.41, 5.74) is 3.45. The highest BCUT2D eigenvalue weighted by molar-refractivity contribution is 6.82. The van der Waals surface area contributed by atoms with Crippen molar-refractivity contribution in [3.63, 3.8) is 0 Å². The number of hydrogen-bond donors (Lipinski definition) is 0. The minimum atomic E-state index is -1.68. The fourth-order valence-electron chi connectivity index (χ4n) is 4.58. The number of aromatic nitrogens is 1. The van der Waals surface area contributed by atoms with E-state index in [9.17, 15) is 0 Å². The highest BCUT2D eigenvalue weighted by Crippen LogP contribution is 2.41. The Morgan fingerprint density at radius 2 is 1.41 bits per heavy atom. The van der Waals surface area contributed by atoms with E-state index >= 15 is 0 Å². The summed E-state index contributed by atoms with van der Waals surface area (Å²) < 4.78 is 2.68. The van der Waals surface area contributed by atoms with Crippen LogP contribution in [0.25, 0.3) is 12.2 Å². The molecule has 2 rings (SSSR count). The molecule has 1 heterocycles. The average Bonchev–Trinajstić information content (AvgIpc) is 2.74. The van der Waals surface area contributed by atoms with Crippen molar-refractivity contribution in [3.8, 4) is 0 Å². The Balaban J connectivity index is 2.83. The topological polar surface area (TPSA) is 4.93 Å². The molecule has 0 spiro atoms. The second-order valence-corrected chi connectivity index (χ2v) is 13.2. The fraction of sp³-hybridized carbons (Fsp3) is 0.500.